The molecule has 0 radical (unpaired) electrons. The Kier molecular flexibility index (Phi) is 4.91. The third-order valence-electron chi connectivity index (χ3n) is 5.10. The predicted octanol–water partition coefficient (Wildman–Crippen LogP) is 4.57. The summed E-state index contributed by atoms with van der Waals surface area (Å²) < 4.78 is 30.2. The Morgan fingerprint density at radius 2 is 1.47 bits per heavy atom. The summed E-state index contributed by atoms with van der Waals surface area (Å²) in [6, 6.07) is 27.4. The molecule has 7 nitrogen and oxygen atoms in total. The van der Waals surface area contributed by atoms with Gasteiger partial charge in [0.2, 0.25) is 0 Å². The van der Waals surface area contributed by atoms with E-state index in [1.807, 2.05) is 55.5 Å². The van der Waals surface area contributed by atoms with Crippen LogP contribution in [0.1, 0.15) is 5.82 Å². The molecule has 0 spiro atoms. The molecule has 0 saturated carbocycles. The number of aromatic nitrogens is 4. The van der Waals surface area contributed by atoms with Gasteiger partial charge in [0.15, 0.2) is 11.5 Å². The van der Waals surface area contributed by atoms with Gasteiger partial charge >= 0.3 is 0 Å². The molecule has 0 atom stereocenters. The van der Waals surface area contributed by atoms with Crippen LogP contribution in [0.25, 0.3) is 28.0 Å². The molecule has 2 heterocycles. The van der Waals surface area contributed by atoms with Crippen molar-refractivity contribution >= 4 is 21.4 Å². The molecule has 158 valence electrons. The summed E-state index contributed by atoms with van der Waals surface area (Å²) in [4.78, 5) is 0.197. The molecule has 0 aliphatic rings. The molecule has 0 unspecified atom stereocenters. The smallest absolute Gasteiger partial charge is 0.261 e. The molecule has 0 aliphatic carbocycles. The van der Waals surface area contributed by atoms with Crippen molar-refractivity contribution in [3.63, 3.8) is 0 Å². The van der Waals surface area contributed by atoms with Crippen LogP contribution in [0, 0.1) is 6.92 Å². The first-order valence-electron chi connectivity index (χ1n) is 9.97. The molecule has 3 aromatic carbocycles. The zero-order valence-electron chi connectivity index (χ0n) is 17.2. The number of nitrogens with zero attached hydrogens (tertiary/aromatic N) is 4. The maximum Gasteiger partial charge on any atom is 0.261 e. The van der Waals surface area contributed by atoms with E-state index in [0.29, 0.717) is 22.9 Å². The standard InChI is InChI=1S/C24H19N5O2S/c1-17-25-26-24-15-14-23(27-29(17)24)20-8-5-9-21(16-20)28-32(30,31)22-12-10-19(11-13-22)18-6-3-2-4-7-18/h2-16,28H,1H3. The molecule has 0 bridgehead atoms. The lowest BCUT2D eigenvalue weighted by Gasteiger charge is -2.10. The van der Waals surface area contributed by atoms with E-state index in [9.17, 15) is 8.42 Å². The van der Waals surface area contributed by atoms with E-state index in [1.54, 1.807) is 47.0 Å². The average Bonchev–Trinajstić information content (AvgIpc) is 3.20. The fourth-order valence-corrected chi connectivity index (χ4v) is 4.51. The first-order chi connectivity index (χ1) is 15.5. The zero-order chi connectivity index (χ0) is 22.1. The molecular formula is C24H19N5O2S. The summed E-state index contributed by atoms with van der Waals surface area (Å²) in [5, 5.41) is 12.6. The number of aryl methyl sites for hydroxylation is 1. The number of benzene rings is 3. The average molecular weight is 442 g/mol. The van der Waals surface area contributed by atoms with Crippen molar-refractivity contribution < 1.29 is 8.42 Å². The van der Waals surface area contributed by atoms with Crippen molar-refractivity contribution in [2.45, 2.75) is 11.8 Å². The van der Waals surface area contributed by atoms with Gasteiger partial charge in [-0.2, -0.15) is 9.61 Å². The van der Waals surface area contributed by atoms with Crippen LogP contribution in [0.5, 0.6) is 0 Å². The normalized spacial score (nSPS) is 11.5. The quantitative estimate of drug-likeness (QED) is 0.432. The molecule has 2 aromatic heterocycles. The molecule has 5 rings (SSSR count). The molecule has 5 aromatic rings. The van der Waals surface area contributed by atoms with Gasteiger partial charge in [0.25, 0.3) is 10.0 Å². The highest BCUT2D eigenvalue weighted by atomic mass is 32.2. The van der Waals surface area contributed by atoms with Crippen molar-refractivity contribution in [3.05, 3.63) is 96.8 Å². The molecule has 0 amide bonds. The summed E-state index contributed by atoms with van der Waals surface area (Å²) in [7, 11) is -3.74. The first-order valence-corrected chi connectivity index (χ1v) is 11.5. The molecule has 8 heteroatoms. The lowest BCUT2D eigenvalue weighted by Crippen LogP contribution is -2.12. The highest BCUT2D eigenvalue weighted by Gasteiger charge is 2.15. The molecule has 1 N–H and O–H groups in total. The molecule has 0 fully saturated rings. The third-order valence-corrected chi connectivity index (χ3v) is 6.50. The van der Waals surface area contributed by atoms with Gasteiger partial charge in [-0.15, -0.1) is 10.2 Å². The Bertz CT molecular complexity index is 1510. The largest absolute Gasteiger partial charge is 0.280 e. The summed E-state index contributed by atoms with van der Waals surface area (Å²) >= 11 is 0. The van der Waals surface area contributed by atoms with E-state index >= 15 is 0 Å². The van der Waals surface area contributed by atoms with Crippen LogP contribution >= 0.6 is 0 Å². The number of anilines is 1. The molecule has 0 aliphatic heterocycles. The highest BCUT2D eigenvalue weighted by molar-refractivity contribution is 7.92. The third kappa shape index (κ3) is 3.83. The van der Waals surface area contributed by atoms with Gasteiger partial charge in [0, 0.05) is 11.3 Å². The fraction of sp³-hybridized carbons (Fsp3) is 0.0417. The van der Waals surface area contributed by atoms with Crippen LogP contribution in [-0.4, -0.2) is 28.2 Å². The van der Waals surface area contributed by atoms with E-state index in [0.717, 1.165) is 16.7 Å². The van der Waals surface area contributed by atoms with Crippen LogP contribution in [0.3, 0.4) is 0 Å². The van der Waals surface area contributed by atoms with Gasteiger partial charge in [0.1, 0.15) is 0 Å². The minimum absolute atomic E-state index is 0.197. The van der Waals surface area contributed by atoms with Crippen molar-refractivity contribution in [2.75, 3.05) is 4.72 Å². The van der Waals surface area contributed by atoms with Crippen LogP contribution in [0.4, 0.5) is 5.69 Å². The van der Waals surface area contributed by atoms with Crippen molar-refractivity contribution in [3.8, 4) is 22.4 Å². The second-order valence-electron chi connectivity index (χ2n) is 7.31. The molecule has 32 heavy (non-hydrogen) atoms. The number of hydrogen-bond donors (Lipinski definition) is 1. The zero-order valence-corrected chi connectivity index (χ0v) is 18.0. The summed E-state index contributed by atoms with van der Waals surface area (Å²) in [5.74, 6) is 0.678. The van der Waals surface area contributed by atoms with E-state index in [1.165, 1.54) is 0 Å². The number of sulfonamides is 1. The summed E-state index contributed by atoms with van der Waals surface area (Å²) in [6.45, 7) is 1.82. The van der Waals surface area contributed by atoms with E-state index in [4.69, 9.17) is 0 Å². The highest BCUT2D eigenvalue weighted by Crippen LogP contribution is 2.25. The van der Waals surface area contributed by atoms with Crippen molar-refractivity contribution in [2.24, 2.45) is 0 Å². The monoisotopic (exact) mass is 441 g/mol. The Hall–Kier alpha value is -4.04. The van der Waals surface area contributed by atoms with Crippen LogP contribution in [0.2, 0.25) is 0 Å². The summed E-state index contributed by atoms with van der Waals surface area (Å²) in [6.07, 6.45) is 0. The molecule has 0 saturated heterocycles. The minimum atomic E-state index is -3.74. The lowest BCUT2D eigenvalue weighted by molar-refractivity contribution is 0.601. The minimum Gasteiger partial charge on any atom is -0.280 e. The first kappa shape index (κ1) is 19.9. The number of hydrogen-bond acceptors (Lipinski definition) is 5. The number of rotatable bonds is 5. The topological polar surface area (TPSA) is 89.2 Å². The Morgan fingerprint density at radius 1 is 0.750 bits per heavy atom. The lowest BCUT2D eigenvalue weighted by atomic mass is 10.1. The second-order valence-corrected chi connectivity index (χ2v) is 8.99. The van der Waals surface area contributed by atoms with Gasteiger partial charge in [-0.05, 0) is 54.4 Å². The van der Waals surface area contributed by atoms with E-state index in [-0.39, 0.29) is 4.90 Å². The maximum atomic E-state index is 12.9. The van der Waals surface area contributed by atoms with Gasteiger partial charge in [-0.25, -0.2) is 8.42 Å². The number of nitrogens with one attached hydrogen (secondary N) is 1. The Morgan fingerprint density at radius 3 is 2.25 bits per heavy atom. The predicted molar refractivity (Wildman–Crippen MR) is 124 cm³/mol. The van der Waals surface area contributed by atoms with Gasteiger partial charge in [-0.3, -0.25) is 4.72 Å². The second kappa shape index (κ2) is 7.90. The fourth-order valence-electron chi connectivity index (χ4n) is 3.46. The molecular weight excluding hydrogens is 422 g/mol. The van der Waals surface area contributed by atoms with Crippen LogP contribution in [-0.2, 0) is 10.0 Å². The van der Waals surface area contributed by atoms with Gasteiger partial charge in [0.05, 0.1) is 10.6 Å². The SMILES string of the molecule is Cc1nnc2ccc(-c3cccc(NS(=O)(=O)c4ccc(-c5ccccc5)cc4)c3)nn12. The van der Waals surface area contributed by atoms with Gasteiger partial charge in [-0.1, -0.05) is 54.6 Å². The van der Waals surface area contributed by atoms with Crippen LogP contribution < -0.4 is 4.72 Å². The van der Waals surface area contributed by atoms with Crippen molar-refractivity contribution in [1.29, 1.82) is 0 Å². The van der Waals surface area contributed by atoms with E-state index in [2.05, 4.69) is 20.0 Å². The van der Waals surface area contributed by atoms with Crippen LogP contribution in [0.15, 0.2) is 95.9 Å². The Labute approximate surface area is 185 Å². The number of fused-ring (bicyclic) bond motifs is 1. The van der Waals surface area contributed by atoms with Gasteiger partial charge < -0.3 is 0 Å². The van der Waals surface area contributed by atoms with E-state index < -0.39 is 10.0 Å². The van der Waals surface area contributed by atoms with Crippen molar-refractivity contribution in [1.82, 2.24) is 19.8 Å². The Balaban J connectivity index is 1.41. The maximum absolute atomic E-state index is 12.9. The summed E-state index contributed by atoms with van der Waals surface area (Å²) in [5.41, 5.74) is 4.56.